The third-order valence-corrected chi connectivity index (χ3v) is 3.82. The first-order chi connectivity index (χ1) is 14.5. The van der Waals surface area contributed by atoms with Crippen LogP contribution in [0.2, 0.25) is 0 Å². The van der Waals surface area contributed by atoms with Gasteiger partial charge in [0, 0.05) is 7.11 Å². The SMILES string of the molecule is CC/C(=C\OCc1ccccc1)C[C@H](COCOC)NC(=O)NNC(=O)C(=O)OC. The summed E-state index contributed by atoms with van der Waals surface area (Å²) in [5.41, 5.74) is 6.03. The number of nitrogens with one attached hydrogen (secondary N) is 3. The predicted molar refractivity (Wildman–Crippen MR) is 108 cm³/mol. The molecule has 0 unspecified atom stereocenters. The Labute approximate surface area is 175 Å². The fourth-order valence-corrected chi connectivity index (χ4v) is 2.33. The molecule has 10 heteroatoms. The molecule has 0 bridgehead atoms. The van der Waals surface area contributed by atoms with Crippen molar-refractivity contribution in [3.63, 3.8) is 0 Å². The van der Waals surface area contributed by atoms with E-state index in [9.17, 15) is 14.4 Å². The Morgan fingerprint density at radius 2 is 1.83 bits per heavy atom. The maximum Gasteiger partial charge on any atom is 0.398 e. The maximum atomic E-state index is 12.0. The van der Waals surface area contributed by atoms with E-state index >= 15 is 0 Å². The number of urea groups is 1. The first kappa shape index (κ1) is 24.9. The van der Waals surface area contributed by atoms with Crippen LogP contribution >= 0.6 is 0 Å². The minimum absolute atomic E-state index is 0.0640. The van der Waals surface area contributed by atoms with Gasteiger partial charge in [0.05, 0.1) is 26.0 Å². The zero-order chi connectivity index (χ0) is 22.2. The molecule has 166 valence electrons. The van der Waals surface area contributed by atoms with E-state index in [1.165, 1.54) is 7.11 Å². The number of esters is 1. The van der Waals surface area contributed by atoms with Gasteiger partial charge in [-0.25, -0.2) is 15.0 Å². The molecule has 0 aliphatic carbocycles. The van der Waals surface area contributed by atoms with Gasteiger partial charge in [0.25, 0.3) is 0 Å². The number of hydrogen-bond donors (Lipinski definition) is 3. The Bertz CT molecular complexity index is 695. The smallest absolute Gasteiger partial charge is 0.398 e. The van der Waals surface area contributed by atoms with Crippen LogP contribution < -0.4 is 16.2 Å². The third kappa shape index (κ3) is 10.4. The summed E-state index contributed by atoms with van der Waals surface area (Å²) in [5.74, 6) is -2.22. The predicted octanol–water partition coefficient (Wildman–Crippen LogP) is 1.38. The van der Waals surface area contributed by atoms with Gasteiger partial charge in [-0.15, -0.1) is 0 Å². The normalized spacial score (nSPS) is 11.9. The minimum Gasteiger partial charge on any atom is -0.497 e. The van der Waals surface area contributed by atoms with E-state index in [0.717, 1.165) is 18.2 Å². The highest BCUT2D eigenvalue weighted by Crippen LogP contribution is 2.12. The fraction of sp³-hybridized carbons (Fsp3) is 0.450. The molecule has 0 fully saturated rings. The number of rotatable bonds is 11. The average molecular weight is 423 g/mol. The second kappa shape index (κ2) is 14.8. The summed E-state index contributed by atoms with van der Waals surface area (Å²) in [6, 6.07) is 8.61. The van der Waals surface area contributed by atoms with E-state index in [2.05, 4.69) is 15.5 Å². The van der Waals surface area contributed by atoms with Crippen LogP contribution in [-0.2, 0) is 35.1 Å². The van der Waals surface area contributed by atoms with Gasteiger partial charge in [-0.2, -0.15) is 0 Å². The molecule has 10 nitrogen and oxygen atoms in total. The van der Waals surface area contributed by atoms with Crippen LogP contribution in [0.1, 0.15) is 25.3 Å². The summed E-state index contributed by atoms with van der Waals surface area (Å²) < 4.78 is 20.1. The number of ether oxygens (including phenoxy) is 4. The lowest BCUT2D eigenvalue weighted by atomic mass is 10.1. The standard InChI is InChI=1S/C20H29N3O7/c1-4-15(11-29-12-16-8-6-5-7-9-16)10-17(13-30-14-27-2)21-20(26)23-22-18(24)19(25)28-3/h5-9,11,17H,4,10,12-14H2,1-3H3,(H,22,24)(H2,21,23,26)/b15-11+/t17-/m1/s1. The Hall–Kier alpha value is -3.11. The van der Waals surface area contributed by atoms with Gasteiger partial charge in [0.15, 0.2) is 0 Å². The number of benzene rings is 1. The number of carbonyl (C=O) groups is 3. The number of amides is 3. The molecule has 30 heavy (non-hydrogen) atoms. The van der Waals surface area contributed by atoms with Crippen LogP contribution in [0.5, 0.6) is 0 Å². The van der Waals surface area contributed by atoms with Gasteiger partial charge in [0.2, 0.25) is 0 Å². The zero-order valence-corrected chi connectivity index (χ0v) is 17.4. The van der Waals surface area contributed by atoms with Gasteiger partial charge in [0.1, 0.15) is 13.4 Å². The Balaban J connectivity index is 2.60. The fourth-order valence-electron chi connectivity index (χ4n) is 2.33. The van der Waals surface area contributed by atoms with Crippen LogP contribution in [-0.4, -0.2) is 51.6 Å². The topological polar surface area (TPSA) is 124 Å². The van der Waals surface area contributed by atoms with E-state index in [0.29, 0.717) is 19.4 Å². The maximum absolute atomic E-state index is 12.0. The lowest BCUT2D eigenvalue weighted by Crippen LogP contribution is -2.52. The summed E-state index contributed by atoms with van der Waals surface area (Å²) in [6.07, 6.45) is 2.83. The lowest BCUT2D eigenvalue weighted by Gasteiger charge is -2.20. The molecule has 0 radical (unpaired) electrons. The summed E-state index contributed by atoms with van der Waals surface area (Å²) in [7, 11) is 2.55. The van der Waals surface area contributed by atoms with E-state index < -0.39 is 23.9 Å². The van der Waals surface area contributed by atoms with Crippen LogP contribution in [0, 0.1) is 0 Å². The van der Waals surface area contributed by atoms with Gasteiger partial charge >= 0.3 is 17.9 Å². The number of carbonyl (C=O) groups excluding carboxylic acids is 3. The summed E-state index contributed by atoms with van der Waals surface area (Å²) in [6.45, 7) is 2.64. The molecular formula is C20H29N3O7. The summed E-state index contributed by atoms with van der Waals surface area (Å²) in [4.78, 5) is 34.4. The van der Waals surface area contributed by atoms with Gasteiger partial charge in [-0.05, 0) is 24.0 Å². The highest BCUT2D eigenvalue weighted by Gasteiger charge is 2.17. The first-order valence-corrected chi connectivity index (χ1v) is 9.35. The molecule has 3 N–H and O–H groups in total. The molecule has 1 aromatic carbocycles. The molecule has 0 spiro atoms. The molecule has 3 amide bonds. The van der Waals surface area contributed by atoms with Crippen LogP contribution in [0.3, 0.4) is 0 Å². The van der Waals surface area contributed by atoms with Crippen molar-refractivity contribution in [3.05, 3.63) is 47.7 Å². The molecule has 0 heterocycles. The second-order valence-electron chi connectivity index (χ2n) is 6.15. The average Bonchev–Trinajstić information content (AvgIpc) is 2.76. The van der Waals surface area contributed by atoms with Crippen molar-refractivity contribution < 1.29 is 33.3 Å². The van der Waals surface area contributed by atoms with Gasteiger partial charge < -0.3 is 24.3 Å². The summed E-state index contributed by atoms with van der Waals surface area (Å²) >= 11 is 0. The molecule has 0 saturated carbocycles. The first-order valence-electron chi connectivity index (χ1n) is 9.35. The molecule has 0 aromatic heterocycles. The Morgan fingerprint density at radius 3 is 2.47 bits per heavy atom. The lowest BCUT2D eigenvalue weighted by molar-refractivity contribution is -0.153. The molecule has 1 aromatic rings. The molecule has 1 atom stereocenters. The van der Waals surface area contributed by atoms with E-state index in [1.807, 2.05) is 42.7 Å². The van der Waals surface area contributed by atoms with E-state index in [-0.39, 0.29) is 13.4 Å². The number of methoxy groups -OCH3 is 2. The van der Waals surface area contributed by atoms with Crippen molar-refractivity contribution in [2.45, 2.75) is 32.4 Å². The van der Waals surface area contributed by atoms with E-state index in [1.54, 1.807) is 6.26 Å². The minimum atomic E-state index is -1.12. The van der Waals surface area contributed by atoms with Crippen LogP contribution in [0.4, 0.5) is 4.79 Å². The van der Waals surface area contributed by atoms with Crippen molar-refractivity contribution in [2.75, 3.05) is 27.6 Å². The van der Waals surface area contributed by atoms with E-state index in [4.69, 9.17) is 14.2 Å². The van der Waals surface area contributed by atoms with Crippen molar-refractivity contribution in [2.24, 2.45) is 0 Å². The monoisotopic (exact) mass is 423 g/mol. The summed E-state index contributed by atoms with van der Waals surface area (Å²) in [5, 5.41) is 2.67. The largest absolute Gasteiger partial charge is 0.497 e. The number of hydrogen-bond acceptors (Lipinski definition) is 7. The highest BCUT2D eigenvalue weighted by atomic mass is 16.7. The highest BCUT2D eigenvalue weighted by molar-refractivity contribution is 6.32. The molecule has 0 aliphatic heterocycles. The Kier molecular flexibility index (Phi) is 12.3. The third-order valence-electron chi connectivity index (χ3n) is 3.82. The van der Waals surface area contributed by atoms with Crippen molar-refractivity contribution in [3.8, 4) is 0 Å². The molecule has 1 rings (SSSR count). The van der Waals surface area contributed by atoms with Gasteiger partial charge in [-0.3, -0.25) is 10.2 Å². The van der Waals surface area contributed by atoms with Crippen molar-refractivity contribution >= 4 is 17.9 Å². The van der Waals surface area contributed by atoms with Crippen molar-refractivity contribution in [1.82, 2.24) is 16.2 Å². The second-order valence-corrected chi connectivity index (χ2v) is 6.15. The molecule has 0 saturated heterocycles. The van der Waals surface area contributed by atoms with Crippen LogP contribution in [0.25, 0.3) is 0 Å². The zero-order valence-electron chi connectivity index (χ0n) is 17.4. The van der Waals surface area contributed by atoms with Crippen molar-refractivity contribution in [1.29, 1.82) is 0 Å². The number of hydrazine groups is 1. The Morgan fingerprint density at radius 1 is 1.10 bits per heavy atom. The molecule has 0 aliphatic rings. The quantitative estimate of drug-likeness (QED) is 0.123. The van der Waals surface area contributed by atoms with Crippen LogP contribution in [0.15, 0.2) is 42.2 Å². The van der Waals surface area contributed by atoms with Gasteiger partial charge in [-0.1, -0.05) is 37.3 Å². The molecular weight excluding hydrogens is 394 g/mol.